The Kier molecular flexibility index (Phi) is 4.52. The zero-order valence-corrected chi connectivity index (χ0v) is 8.09. The van der Waals surface area contributed by atoms with Crippen LogP contribution >= 0.6 is 0 Å². The molecule has 0 fully saturated rings. The van der Waals surface area contributed by atoms with E-state index in [0.29, 0.717) is 16.9 Å². The van der Waals surface area contributed by atoms with Gasteiger partial charge in [0.15, 0.2) is 0 Å². The van der Waals surface area contributed by atoms with Gasteiger partial charge in [0.1, 0.15) is 5.76 Å². The fourth-order valence-corrected chi connectivity index (χ4v) is 0.899. The molecule has 0 saturated heterocycles. The Morgan fingerprint density at radius 2 is 1.62 bits per heavy atom. The molecule has 0 aromatic rings. The monoisotopic (exact) mass is 178 g/mol. The third-order valence-corrected chi connectivity index (χ3v) is 1.43. The lowest BCUT2D eigenvalue weighted by Crippen LogP contribution is -1.95. The second-order valence-electron chi connectivity index (χ2n) is 2.05. The summed E-state index contributed by atoms with van der Waals surface area (Å²) in [6, 6.07) is 0. The minimum absolute atomic E-state index is 0.347. The average Bonchev–Trinajstić information content (AvgIpc) is 2.43. The number of hydrogen-bond acceptors (Lipinski definition) is 2. The van der Waals surface area contributed by atoms with Crippen LogP contribution in [0.1, 0.15) is 13.8 Å². The molecule has 13 heavy (non-hydrogen) atoms. The molecule has 0 aromatic carbocycles. The highest BCUT2D eigenvalue weighted by atomic mass is 16.5. The van der Waals surface area contributed by atoms with E-state index in [2.05, 4.69) is 19.7 Å². The highest BCUT2D eigenvalue weighted by molar-refractivity contribution is 5.97. The summed E-state index contributed by atoms with van der Waals surface area (Å²) < 4.78 is 4.72. The summed E-state index contributed by atoms with van der Waals surface area (Å²) in [4.78, 5) is 10.9. The molecule has 0 aliphatic carbocycles. The molecule has 0 bridgehead atoms. The Morgan fingerprint density at radius 1 is 1.15 bits per heavy atom. The molecule has 1 rings (SSSR count). The molecule has 0 aromatic heterocycles. The van der Waals surface area contributed by atoms with E-state index in [-0.39, 0.29) is 0 Å². The van der Waals surface area contributed by atoms with Crippen LogP contribution in [0.25, 0.3) is 0 Å². The molecule has 2 heteroatoms. The fourth-order valence-electron chi connectivity index (χ4n) is 0.899. The lowest BCUT2D eigenvalue weighted by atomic mass is 10.1. The van der Waals surface area contributed by atoms with Gasteiger partial charge in [-0.25, -0.2) is 4.79 Å². The largest absolute Gasteiger partial charge is 0.423 e. The Balaban J connectivity index is 0.000000671. The highest BCUT2D eigenvalue weighted by Crippen LogP contribution is 2.25. The Labute approximate surface area is 78.9 Å². The van der Waals surface area contributed by atoms with E-state index in [1.54, 1.807) is 0 Å². The van der Waals surface area contributed by atoms with Crippen LogP contribution in [0.15, 0.2) is 48.8 Å². The van der Waals surface area contributed by atoms with Crippen molar-refractivity contribution in [3.05, 3.63) is 48.8 Å². The molecule has 70 valence electrons. The number of carbonyl (C=O) groups is 1. The summed E-state index contributed by atoms with van der Waals surface area (Å²) in [5.74, 6) is -0.0557. The van der Waals surface area contributed by atoms with Crippen LogP contribution in [0, 0.1) is 0 Å². The van der Waals surface area contributed by atoms with Gasteiger partial charge in [0.05, 0.1) is 5.57 Å². The highest BCUT2D eigenvalue weighted by Gasteiger charge is 2.23. The van der Waals surface area contributed by atoms with E-state index < -0.39 is 5.97 Å². The second-order valence-corrected chi connectivity index (χ2v) is 2.05. The van der Waals surface area contributed by atoms with Crippen molar-refractivity contribution < 1.29 is 9.53 Å². The molecular weight excluding hydrogens is 164 g/mol. The quantitative estimate of drug-likeness (QED) is 0.608. The Morgan fingerprint density at radius 3 is 1.92 bits per heavy atom. The van der Waals surface area contributed by atoms with Crippen LogP contribution < -0.4 is 0 Å². The van der Waals surface area contributed by atoms with Crippen molar-refractivity contribution in [2.24, 2.45) is 0 Å². The van der Waals surface area contributed by atoms with Gasteiger partial charge in [-0.1, -0.05) is 45.7 Å². The maximum absolute atomic E-state index is 10.9. The van der Waals surface area contributed by atoms with Gasteiger partial charge in [-0.3, -0.25) is 0 Å². The number of rotatable bonds is 2. The van der Waals surface area contributed by atoms with E-state index in [9.17, 15) is 4.79 Å². The first kappa shape index (κ1) is 11.4. The van der Waals surface area contributed by atoms with Gasteiger partial charge in [0.25, 0.3) is 0 Å². The number of esters is 1. The zero-order valence-electron chi connectivity index (χ0n) is 8.09. The van der Waals surface area contributed by atoms with Crippen LogP contribution in [0.3, 0.4) is 0 Å². The maximum Gasteiger partial charge on any atom is 0.344 e. The van der Waals surface area contributed by atoms with Crippen molar-refractivity contribution in [2.45, 2.75) is 13.8 Å². The first-order valence-electron chi connectivity index (χ1n) is 4.11. The van der Waals surface area contributed by atoms with E-state index >= 15 is 0 Å². The molecule has 1 heterocycles. The molecule has 1 aliphatic heterocycles. The van der Waals surface area contributed by atoms with Crippen LogP contribution in [-0.4, -0.2) is 5.97 Å². The van der Waals surface area contributed by atoms with E-state index in [1.165, 1.54) is 12.2 Å². The zero-order chi connectivity index (χ0) is 10.4. The normalized spacial score (nSPS) is 14.6. The van der Waals surface area contributed by atoms with Gasteiger partial charge < -0.3 is 4.74 Å². The molecule has 0 atom stereocenters. The number of carbonyl (C=O) groups excluding carboxylic acids is 1. The predicted octanol–water partition coefficient (Wildman–Crippen LogP) is 2.75. The van der Waals surface area contributed by atoms with Gasteiger partial charge >= 0.3 is 5.97 Å². The third-order valence-electron chi connectivity index (χ3n) is 1.43. The number of allylic oxidation sites excluding steroid dienone is 1. The van der Waals surface area contributed by atoms with Gasteiger partial charge in [-0.2, -0.15) is 0 Å². The molecule has 0 radical (unpaired) electrons. The third kappa shape index (κ3) is 2.18. The van der Waals surface area contributed by atoms with E-state index in [1.807, 2.05) is 13.8 Å². The molecular formula is C11H14O2. The van der Waals surface area contributed by atoms with Crippen molar-refractivity contribution >= 4 is 5.97 Å². The first-order valence-corrected chi connectivity index (χ1v) is 4.11. The standard InChI is InChI=1S/C9H8O2.C2H6/c1-4-7-6(3)11-9(10)8(7)5-2;1-2/h4-5H,1-3H2;1-2H3. The Hall–Kier alpha value is -1.57. The van der Waals surface area contributed by atoms with Crippen molar-refractivity contribution in [3.63, 3.8) is 0 Å². The first-order chi connectivity index (χ1) is 6.20. The summed E-state index contributed by atoms with van der Waals surface area (Å²) in [6.07, 6.45) is 2.97. The van der Waals surface area contributed by atoms with Gasteiger partial charge in [-0.05, 0) is 0 Å². The minimum Gasteiger partial charge on any atom is -0.423 e. The number of ether oxygens (including phenoxy) is 1. The smallest absolute Gasteiger partial charge is 0.344 e. The molecule has 0 spiro atoms. The topological polar surface area (TPSA) is 26.3 Å². The summed E-state index contributed by atoms with van der Waals surface area (Å²) in [5.41, 5.74) is 1.06. The predicted molar refractivity (Wildman–Crippen MR) is 54.0 cm³/mol. The van der Waals surface area contributed by atoms with E-state index in [0.717, 1.165) is 0 Å². The average molecular weight is 178 g/mol. The summed E-state index contributed by atoms with van der Waals surface area (Å²) >= 11 is 0. The van der Waals surface area contributed by atoms with Gasteiger partial charge in [-0.15, -0.1) is 0 Å². The Bertz CT molecular complexity index is 254. The SMILES string of the molecule is C=CC1=C(C=C)C(=O)OC1=C.CC. The van der Waals surface area contributed by atoms with Crippen molar-refractivity contribution in [1.29, 1.82) is 0 Å². The maximum atomic E-state index is 10.9. The second kappa shape index (κ2) is 5.14. The minimum atomic E-state index is -0.403. The van der Waals surface area contributed by atoms with Crippen LogP contribution in [0.4, 0.5) is 0 Å². The molecule has 0 unspecified atom stereocenters. The summed E-state index contributed by atoms with van der Waals surface area (Å²) in [7, 11) is 0. The molecule has 0 saturated carbocycles. The number of hydrogen-bond donors (Lipinski definition) is 0. The summed E-state index contributed by atoms with van der Waals surface area (Å²) in [5, 5.41) is 0. The number of cyclic esters (lactones) is 1. The molecule has 0 amide bonds. The molecule has 1 aliphatic rings. The van der Waals surface area contributed by atoms with Crippen LogP contribution in [0.5, 0.6) is 0 Å². The van der Waals surface area contributed by atoms with Crippen LogP contribution in [-0.2, 0) is 9.53 Å². The van der Waals surface area contributed by atoms with Gasteiger partial charge in [0.2, 0.25) is 0 Å². The lowest BCUT2D eigenvalue weighted by molar-refractivity contribution is -0.132. The van der Waals surface area contributed by atoms with Crippen molar-refractivity contribution in [1.82, 2.24) is 0 Å². The molecule has 0 N–H and O–H groups in total. The van der Waals surface area contributed by atoms with Crippen molar-refractivity contribution in [2.75, 3.05) is 0 Å². The fraction of sp³-hybridized carbons (Fsp3) is 0.182. The van der Waals surface area contributed by atoms with Gasteiger partial charge in [0, 0.05) is 5.57 Å². The van der Waals surface area contributed by atoms with E-state index in [4.69, 9.17) is 4.74 Å². The summed E-state index contributed by atoms with van der Waals surface area (Å²) in [6.45, 7) is 14.5. The molecule has 2 nitrogen and oxygen atoms in total. The lowest BCUT2D eigenvalue weighted by Gasteiger charge is -1.92. The van der Waals surface area contributed by atoms with Crippen molar-refractivity contribution in [3.8, 4) is 0 Å². The van der Waals surface area contributed by atoms with Crippen LogP contribution in [0.2, 0.25) is 0 Å².